The summed E-state index contributed by atoms with van der Waals surface area (Å²) in [6.07, 6.45) is -1.13. The van der Waals surface area contributed by atoms with Crippen LogP contribution in [0.25, 0.3) is 10.8 Å². The highest BCUT2D eigenvalue weighted by Crippen LogP contribution is 2.45. The van der Waals surface area contributed by atoms with Crippen molar-refractivity contribution in [3.05, 3.63) is 34.9 Å². The van der Waals surface area contributed by atoms with Gasteiger partial charge in [-0.25, -0.2) is 0 Å². The minimum absolute atomic E-state index is 0.0526. The quantitative estimate of drug-likeness (QED) is 0.688. The molecule has 0 aromatic heterocycles. The molecule has 20 heavy (non-hydrogen) atoms. The van der Waals surface area contributed by atoms with Gasteiger partial charge in [0, 0.05) is 21.8 Å². The van der Waals surface area contributed by atoms with Gasteiger partial charge in [0.05, 0.1) is 0 Å². The van der Waals surface area contributed by atoms with Crippen LogP contribution in [0.15, 0.2) is 18.2 Å². The highest BCUT2D eigenvalue weighted by atomic mass is 16.3. The van der Waals surface area contributed by atoms with Crippen molar-refractivity contribution in [1.29, 1.82) is 0 Å². The number of aliphatic hydroxyl groups is 1. The Kier molecular flexibility index (Phi) is 2.41. The minimum atomic E-state index is -1.13. The van der Waals surface area contributed by atoms with Gasteiger partial charge in [0.25, 0.3) is 0 Å². The maximum atomic E-state index is 12.3. The van der Waals surface area contributed by atoms with E-state index in [2.05, 4.69) is 0 Å². The Labute approximate surface area is 116 Å². The Morgan fingerprint density at radius 1 is 1.05 bits per heavy atom. The Bertz CT molecular complexity index is 759. The summed E-state index contributed by atoms with van der Waals surface area (Å²) in [5, 5.41) is 31.2. The first-order chi connectivity index (χ1) is 9.25. The van der Waals surface area contributed by atoms with E-state index in [1.54, 1.807) is 32.9 Å². The second-order valence-corrected chi connectivity index (χ2v) is 5.99. The lowest BCUT2D eigenvalue weighted by Gasteiger charge is -2.22. The molecule has 4 heteroatoms. The van der Waals surface area contributed by atoms with Crippen LogP contribution in [-0.2, 0) is 5.41 Å². The van der Waals surface area contributed by atoms with Gasteiger partial charge in [0.2, 0.25) is 0 Å². The first-order valence-electron chi connectivity index (χ1n) is 6.47. The number of aromatic hydroxyl groups is 2. The number of aryl methyl sites for hydroxylation is 1. The average molecular weight is 272 g/mol. The Balaban J connectivity index is 2.50. The van der Waals surface area contributed by atoms with Gasteiger partial charge in [-0.15, -0.1) is 0 Å². The fourth-order valence-corrected chi connectivity index (χ4v) is 2.93. The molecule has 0 saturated carbocycles. The van der Waals surface area contributed by atoms with E-state index in [-0.39, 0.29) is 17.3 Å². The zero-order valence-electron chi connectivity index (χ0n) is 11.6. The summed E-state index contributed by atoms with van der Waals surface area (Å²) in [4.78, 5) is 12.3. The molecule has 1 aliphatic rings. The molecular weight excluding hydrogens is 256 g/mol. The second kappa shape index (κ2) is 3.73. The molecule has 3 N–H and O–H groups in total. The molecule has 0 aliphatic heterocycles. The smallest absolute Gasteiger partial charge is 0.193 e. The molecule has 0 bridgehead atoms. The van der Waals surface area contributed by atoms with Crippen LogP contribution in [0.4, 0.5) is 0 Å². The van der Waals surface area contributed by atoms with Crippen molar-refractivity contribution in [1.82, 2.24) is 0 Å². The van der Waals surface area contributed by atoms with Crippen LogP contribution in [0, 0.1) is 6.92 Å². The molecule has 0 fully saturated rings. The first-order valence-corrected chi connectivity index (χ1v) is 6.47. The number of ketones is 1. The molecule has 4 nitrogen and oxygen atoms in total. The van der Waals surface area contributed by atoms with E-state index in [1.165, 1.54) is 6.07 Å². The number of hydrogen-bond donors (Lipinski definition) is 3. The van der Waals surface area contributed by atoms with Crippen LogP contribution < -0.4 is 0 Å². The van der Waals surface area contributed by atoms with E-state index in [0.717, 1.165) is 0 Å². The van der Waals surface area contributed by atoms with Crippen molar-refractivity contribution in [2.24, 2.45) is 0 Å². The minimum Gasteiger partial charge on any atom is -0.508 e. The van der Waals surface area contributed by atoms with E-state index in [1.807, 2.05) is 0 Å². The number of hydrogen-bond acceptors (Lipinski definition) is 4. The molecule has 1 atom stereocenters. The lowest BCUT2D eigenvalue weighted by Crippen LogP contribution is -2.32. The normalized spacial score (nSPS) is 20.4. The van der Waals surface area contributed by atoms with Gasteiger partial charge in [-0.2, -0.15) is 0 Å². The second-order valence-electron chi connectivity index (χ2n) is 5.99. The van der Waals surface area contributed by atoms with Crippen LogP contribution in [0.5, 0.6) is 11.5 Å². The average Bonchev–Trinajstić information content (AvgIpc) is 2.54. The molecule has 104 valence electrons. The summed E-state index contributed by atoms with van der Waals surface area (Å²) in [5.41, 5.74) is 0.880. The summed E-state index contributed by atoms with van der Waals surface area (Å²) in [6, 6.07) is 4.67. The lowest BCUT2D eigenvalue weighted by atomic mass is 9.83. The number of carbonyl (C=O) groups is 1. The van der Waals surface area contributed by atoms with Crippen LogP contribution in [-0.4, -0.2) is 27.2 Å². The number of phenols is 2. The van der Waals surface area contributed by atoms with E-state index < -0.39 is 11.5 Å². The van der Waals surface area contributed by atoms with E-state index in [4.69, 9.17) is 0 Å². The fraction of sp³-hybridized carbons (Fsp3) is 0.312. The van der Waals surface area contributed by atoms with Crippen LogP contribution in [0.2, 0.25) is 0 Å². The third-order valence-electron chi connectivity index (χ3n) is 4.30. The Morgan fingerprint density at radius 2 is 1.70 bits per heavy atom. The Hall–Kier alpha value is -2.07. The fourth-order valence-electron chi connectivity index (χ4n) is 2.93. The third-order valence-corrected chi connectivity index (χ3v) is 4.30. The number of aliphatic hydroxyl groups excluding tert-OH is 1. The monoisotopic (exact) mass is 272 g/mol. The molecule has 3 rings (SSSR count). The summed E-state index contributed by atoms with van der Waals surface area (Å²) >= 11 is 0. The van der Waals surface area contributed by atoms with Gasteiger partial charge >= 0.3 is 0 Å². The summed E-state index contributed by atoms with van der Waals surface area (Å²) < 4.78 is 0. The SMILES string of the molecule is Cc1cc2c(O)cc3c(c2cc1O)C(=O)C(O)C3(C)C. The maximum absolute atomic E-state index is 12.3. The van der Waals surface area contributed by atoms with E-state index in [9.17, 15) is 20.1 Å². The highest BCUT2D eigenvalue weighted by Gasteiger charge is 2.46. The maximum Gasteiger partial charge on any atom is 0.193 e. The standard InChI is InChI=1S/C16H16O4/c1-7-4-8-9(5-11(7)17)13-10(6-12(8)18)16(2,3)15(20)14(13)19/h4-6,15,17-18,20H,1-3H3. The molecule has 1 unspecified atom stereocenters. The van der Waals surface area contributed by atoms with Crippen LogP contribution in [0.1, 0.15) is 35.3 Å². The first kappa shape index (κ1) is 12.9. The van der Waals surface area contributed by atoms with Crippen molar-refractivity contribution in [3.8, 4) is 11.5 Å². The van der Waals surface area contributed by atoms with Gasteiger partial charge in [0.1, 0.15) is 17.6 Å². The van der Waals surface area contributed by atoms with Crippen molar-refractivity contribution >= 4 is 16.6 Å². The molecule has 0 amide bonds. The van der Waals surface area contributed by atoms with E-state index in [0.29, 0.717) is 27.5 Å². The predicted molar refractivity (Wildman–Crippen MR) is 75.4 cm³/mol. The van der Waals surface area contributed by atoms with Crippen molar-refractivity contribution in [3.63, 3.8) is 0 Å². The number of rotatable bonds is 0. The molecule has 2 aromatic rings. The largest absolute Gasteiger partial charge is 0.508 e. The van der Waals surface area contributed by atoms with E-state index >= 15 is 0 Å². The molecule has 0 radical (unpaired) electrons. The molecule has 0 spiro atoms. The number of carbonyl (C=O) groups excluding carboxylic acids is 1. The van der Waals surface area contributed by atoms with Gasteiger partial charge in [-0.3, -0.25) is 4.79 Å². The molecular formula is C16H16O4. The zero-order valence-corrected chi connectivity index (χ0v) is 11.6. The van der Waals surface area contributed by atoms with Crippen LogP contribution >= 0.6 is 0 Å². The third kappa shape index (κ3) is 1.42. The summed E-state index contributed by atoms with van der Waals surface area (Å²) in [7, 11) is 0. The number of benzene rings is 2. The van der Waals surface area contributed by atoms with Gasteiger partial charge in [0.15, 0.2) is 5.78 Å². The summed E-state index contributed by atoms with van der Waals surface area (Å²) in [5.74, 6) is -0.243. The van der Waals surface area contributed by atoms with Crippen molar-refractivity contribution in [2.45, 2.75) is 32.3 Å². The molecule has 2 aromatic carbocycles. The topological polar surface area (TPSA) is 77.8 Å². The van der Waals surface area contributed by atoms with Crippen molar-refractivity contribution < 1.29 is 20.1 Å². The number of fused-ring (bicyclic) bond motifs is 3. The number of phenolic OH excluding ortho intramolecular Hbond substituents is 2. The zero-order chi connectivity index (χ0) is 14.8. The predicted octanol–water partition coefficient (Wildman–Crippen LogP) is 2.39. The summed E-state index contributed by atoms with van der Waals surface area (Å²) in [6.45, 7) is 5.25. The van der Waals surface area contributed by atoms with Crippen LogP contribution in [0.3, 0.4) is 0 Å². The highest BCUT2D eigenvalue weighted by molar-refractivity contribution is 6.16. The molecule has 1 aliphatic carbocycles. The lowest BCUT2D eigenvalue weighted by molar-refractivity contribution is 0.0644. The van der Waals surface area contributed by atoms with Gasteiger partial charge < -0.3 is 15.3 Å². The molecule has 0 heterocycles. The van der Waals surface area contributed by atoms with Gasteiger partial charge in [-0.05, 0) is 36.2 Å². The van der Waals surface area contributed by atoms with Crippen molar-refractivity contribution in [2.75, 3.05) is 0 Å². The Morgan fingerprint density at radius 3 is 2.35 bits per heavy atom. The molecule has 0 saturated heterocycles. The van der Waals surface area contributed by atoms with Gasteiger partial charge in [-0.1, -0.05) is 13.8 Å². The number of Topliss-reactive ketones (excluding diaryl/α,β-unsaturated/α-hetero) is 1.